The fourth-order valence-corrected chi connectivity index (χ4v) is 6.71. The maximum atomic E-state index is 6.20. The van der Waals surface area contributed by atoms with Gasteiger partial charge in [-0.1, -0.05) is 115 Å². The van der Waals surface area contributed by atoms with Gasteiger partial charge in [0.15, 0.2) is 0 Å². The van der Waals surface area contributed by atoms with Crippen LogP contribution >= 0.6 is 0 Å². The number of nitrogens with zero attached hydrogens (tertiary/aromatic N) is 1. The molecule has 0 saturated carbocycles. The van der Waals surface area contributed by atoms with Crippen molar-refractivity contribution in [3.8, 4) is 11.1 Å². The van der Waals surface area contributed by atoms with Crippen molar-refractivity contribution >= 4 is 71.3 Å². The van der Waals surface area contributed by atoms with Gasteiger partial charge in [-0.15, -0.1) is 0 Å². The third-order valence-electron chi connectivity index (χ3n) is 8.80. The summed E-state index contributed by atoms with van der Waals surface area (Å²) in [5, 5.41) is 9.68. The van der Waals surface area contributed by atoms with Crippen molar-refractivity contribution in [1.82, 2.24) is 0 Å². The first-order valence-corrected chi connectivity index (χ1v) is 15.0. The molecule has 0 fully saturated rings. The lowest BCUT2D eigenvalue weighted by Gasteiger charge is -2.27. The molecule has 9 aromatic rings. The monoisotopic (exact) mass is 561 g/mol. The van der Waals surface area contributed by atoms with Crippen molar-refractivity contribution in [2.45, 2.75) is 0 Å². The Morgan fingerprint density at radius 3 is 1.91 bits per heavy atom. The lowest BCUT2D eigenvalue weighted by Crippen LogP contribution is -2.10. The molecule has 0 aliphatic heterocycles. The predicted molar refractivity (Wildman–Crippen MR) is 186 cm³/mol. The quantitative estimate of drug-likeness (QED) is 0.199. The summed E-state index contributed by atoms with van der Waals surface area (Å²) in [5.74, 6) is 0. The first-order chi connectivity index (χ1) is 21.8. The zero-order valence-electron chi connectivity index (χ0n) is 23.9. The topological polar surface area (TPSA) is 16.4 Å². The molecule has 44 heavy (non-hydrogen) atoms. The molecule has 0 bridgehead atoms. The molecule has 0 saturated heterocycles. The minimum Gasteiger partial charge on any atom is -0.456 e. The van der Waals surface area contributed by atoms with E-state index < -0.39 is 0 Å². The highest BCUT2D eigenvalue weighted by molar-refractivity contribution is 6.19. The third-order valence-corrected chi connectivity index (χ3v) is 8.80. The van der Waals surface area contributed by atoms with Gasteiger partial charge in [-0.2, -0.15) is 0 Å². The van der Waals surface area contributed by atoms with E-state index in [1.54, 1.807) is 0 Å². The fraction of sp³-hybridized carbons (Fsp3) is 0. The maximum absolute atomic E-state index is 6.20. The molecule has 0 aliphatic rings. The number of fused-ring (bicyclic) bond motifs is 8. The van der Waals surface area contributed by atoms with E-state index in [0.717, 1.165) is 33.6 Å². The van der Waals surface area contributed by atoms with Crippen LogP contribution < -0.4 is 4.90 Å². The number of hydrogen-bond acceptors (Lipinski definition) is 2. The van der Waals surface area contributed by atoms with Gasteiger partial charge in [0.2, 0.25) is 0 Å². The van der Waals surface area contributed by atoms with Gasteiger partial charge in [0.05, 0.1) is 0 Å². The van der Waals surface area contributed by atoms with Crippen molar-refractivity contribution in [1.29, 1.82) is 0 Å². The maximum Gasteiger partial charge on any atom is 0.136 e. The minimum absolute atomic E-state index is 0.917. The highest BCUT2D eigenvalue weighted by atomic mass is 16.3. The van der Waals surface area contributed by atoms with Crippen molar-refractivity contribution in [2.75, 3.05) is 4.90 Å². The summed E-state index contributed by atoms with van der Waals surface area (Å²) >= 11 is 0. The van der Waals surface area contributed by atoms with Gasteiger partial charge in [-0.05, 0) is 92.0 Å². The second-order valence-corrected chi connectivity index (χ2v) is 11.4. The van der Waals surface area contributed by atoms with Gasteiger partial charge >= 0.3 is 0 Å². The SMILES string of the molecule is c1ccc(-c2cccc(N(c3ccc4c(ccc5oc6ccccc6c54)c3)c3ccc4ccc5ccccc5c4c3)c2)cc1. The van der Waals surface area contributed by atoms with E-state index >= 15 is 0 Å². The molecule has 0 amide bonds. The molecular formula is C42H27NO. The van der Waals surface area contributed by atoms with Crippen LogP contribution in [0, 0.1) is 0 Å². The molecule has 2 nitrogen and oxygen atoms in total. The zero-order chi connectivity index (χ0) is 29.0. The second-order valence-electron chi connectivity index (χ2n) is 11.4. The number of para-hydroxylation sites is 1. The summed E-state index contributed by atoms with van der Waals surface area (Å²) in [7, 11) is 0. The normalized spacial score (nSPS) is 11.6. The molecule has 9 rings (SSSR count). The van der Waals surface area contributed by atoms with Gasteiger partial charge in [0.1, 0.15) is 11.2 Å². The molecule has 1 heterocycles. The Hall–Kier alpha value is -5.86. The average Bonchev–Trinajstić information content (AvgIpc) is 3.48. The van der Waals surface area contributed by atoms with Crippen molar-refractivity contribution in [3.63, 3.8) is 0 Å². The Labute approximate surface area is 255 Å². The zero-order valence-corrected chi connectivity index (χ0v) is 23.9. The number of anilines is 3. The summed E-state index contributed by atoms with van der Waals surface area (Å²) in [6, 6.07) is 58.7. The molecule has 0 unspecified atom stereocenters. The predicted octanol–water partition coefficient (Wildman–Crippen LogP) is 12.2. The van der Waals surface area contributed by atoms with Crippen LogP contribution in [0.25, 0.3) is 65.4 Å². The Balaban J connectivity index is 1.28. The van der Waals surface area contributed by atoms with Crippen LogP contribution in [0.15, 0.2) is 168 Å². The summed E-state index contributed by atoms with van der Waals surface area (Å²) in [6.45, 7) is 0. The Morgan fingerprint density at radius 2 is 1.00 bits per heavy atom. The molecule has 0 N–H and O–H groups in total. The lowest BCUT2D eigenvalue weighted by atomic mass is 9.99. The summed E-state index contributed by atoms with van der Waals surface area (Å²) < 4.78 is 6.20. The van der Waals surface area contributed by atoms with Crippen LogP contribution in [0.5, 0.6) is 0 Å². The van der Waals surface area contributed by atoms with Gasteiger partial charge in [0.25, 0.3) is 0 Å². The van der Waals surface area contributed by atoms with Crippen LogP contribution in [0.1, 0.15) is 0 Å². The lowest BCUT2D eigenvalue weighted by molar-refractivity contribution is 0.669. The highest BCUT2D eigenvalue weighted by Crippen LogP contribution is 2.42. The van der Waals surface area contributed by atoms with Crippen molar-refractivity contribution in [3.05, 3.63) is 164 Å². The fourth-order valence-electron chi connectivity index (χ4n) is 6.71. The van der Waals surface area contributed by atoms with Crippen LogP contribution in [0.3, 0.4) is 0 Å². The second kappa shape index (κ2) is 9.86. The summed E-state index contributed by atoms with van der Waals surface area (Å²) in [5.41, 5.74) is 7.56. The smallest absolute Gasteiger partial charge is 0.136 e. The van der Waals surface area contributed by atoms with E-state index in [0.29, 0.717) is 0 Å². The molecule has 206 valence electrons. The van der Waals surface area contributed by atoms with E-state index in [1.807, 2.05) is 12.1 Å². The Morgan fingerprint density at radius 1 is 0.341 bits per heavy atom. The molecule has 8 aromatic carbocycles. The van der Waals surface area contributed by atoms with Crippen LogP contribution in [0.2, 0.25) is 0 Å². The first-order valence-electron chi connectivity index (χ1n) is 15.0. The highest BCUT2D eigenvalue weighted by Gasteiger charge is 2.17. The number of hydrogen-bond donors (Lipinski definition) is 0. The van der Waals surface area contributed by atoms with E-state index in [1.165, 1.54) is 48.8 Å². The van der Waals surface area contributed by atoms with Crippen LogP contribution in [-0.4, -0.2) is 0 Å². The summed E-state index contributed by atoms with van der Waals surface area (Å²) in [6.07, 6.45) is 0. The molecule has 0 aliphatic carbocycles. The van der Waals surface area contributed by atoms with Gasteiger partial charge in [-0.25, -0.2) is 0 Å². The van der Waals surface area contributed by atoms with E-state index in [9.17, 15) is 0 Å². The Kier molecular flexibility index (Phi) is 5.54. The molecule has 1 aromatic heterocycles. The third kappa shape index (κ3) is 3.96. The Bertz CT molecular complexity index is 2510. The van der Waals surface area contributed by atoms with Gasteiger partial charge < -0.3 is 9.32 Å². The van der Waals surface area contributed by atoms with Gasteiger partial charge in [0, 0.05) is 27.8 Å². The van der Waals surface area contributed by atoms with E-state index in [4.69, 9.17) is 4.42 Å². The van der Waals surface area contributed by atoms with Crippen LogP contribution in [-0.2, 0) is 0 Å². The minimum atomic E-state index is 0.917. The molecule has 0 atom stereocenters. The first kappa shape index (κ1) is 24.7. The molecule has 0 spiro atoms. The standard InChI is InChI=1S/C42H27NO/c1-2-9-28(10-3-1)31-12-8-13-33(25-31)43(35-21-19-30-18-17-29-11-4-5-14-36(29)39(30)27-35)34-22-23-37-32(26-34)20-24-41-42(37)38-15-6-7-16-40(38)44-41/h1-27H. The molecule has 2 heteroatoms. The number of rotatable bonds is 4. The van der Waals surface area contributed by atoms with E-state index in [-0.39, 0.29) is 0 Å². The number of benzene rings is 8. The van der Waals surface area contributed by atoms with Crippen molar-refractivity contribution < 1.29 is 4.42 Å². The van der Waals surface area contributed by atoms with E-state index in [2.05, 4.69) is 157 Å². The van der Waals surface area contributed by atoms with Crippen LogP contribution in [0.4, 0.5) is 17.1 Å². The number of furan rings is 1. The molecule has 0 radical (unpaired) electrons. The molecular weight excluding hydrogens is 534 g/mol. The largest absolute Gasteiger partial charge is 0.456 e. The van der Waals surface area contributed by atoms with Crippen molar-refractivity contribution in [2.24, 2.45) is 0 Å². The summed E-state index contributed by atoms with van der Waals surface area (Å²) in [4.78, 5) is 2.38. The van der Waals surface area contributed by atoms with Gasteiger partial charge in [-0.3, -0.25) is 0 Å². The average molecular weight is 562 g/mol.